The van der Waals surface area contributed by atoms with Gasteiger partial charge in [0, 0.05) is 18.2 Å². The van der Waals surface area contributed by atoms with Crippen LogP contribution in [0.1, 0.15) is 34.8 Å². The van der Waals surface area contributed by atoms with Crippen LogP contribution >= 0.6 is 0 Å². The van der Waals surface area contributed by atoms with Crippen LogP contribution in [0.15, 0.2) is 18.2 Å². The van der Waals surface area contributed by atoms with Crippen LogP contribution in [0.25, 0.3) is 0 Å². The van der Waals surface area contributed by atoms with E-state index in [2.05, 4.69) is 11.4 Å². The summed E-state index contributed by atoms with van der Waals surface area (Å²) in [6, 6.07) is 6.02. The van der Waals surface area contributed by atoms with Gasteiger partial charge in [0.25, 0.3) is 5.91 Å². The second-order valence-electron chi connectivity index (χ2n) is 4.45. The molecule has 0 heterocycles. The fraction of sp³-hybridized carbons (Fsp3) is 0.462. The molecular weight excluding hydrogens is 200 g/mol. The van der Waals surface area contributed by atoms with Crippen LogP contribution in [0, 0.1) is 0 Å². The predicted molar refractivity (Wildman–Crippen MR) is 64.4 cm³/mol. The van der Waals surface area contributed by atoms with Gasteiger partial charge in [-0.25, -0.2) is 0 Å². The van der Waals surface area contributed by atoms with Crippen molar-refractivity contribution in [2.75, 3.05) is 6.54 Å². The van der Waals surface area contributed by atoms with Gasteiger partial charge in [-0.2, -0.15) is 0 Å². The molecule has 0 aliphatic heterocycles. The highest BCUT2D eigenvalue weighted by Gasteiger charge is 2.14. The zero-order valence-electron chi connectivity index (χ0n) is 9.62. The number of amides is 1. The van der Waals surface area contributed by atoms with E-state index in [9.17, 15) is 4.79 Å². The van der Waals surface area contributed by atoms with Gasteiger partial charge in [-0.05, 0) is 49.4 Å². The van der Waals surface area contributed by atoms with Crippen molar-refractivity contribution in [1.29, 1.82) is 0 Å². The Hall–Kier alpha value is -1.35. The highest BCUT2D eigenvalue weighted by Crippen LogP contribution is 2.22. The Bertz CT molecular complexity index is 401. The van der Waals surface area contributed by atoms with Gasteiger partial charge < -0.3 is 11.1 Å². The SMILES string of the molecule is CC(CN)NC(=O)c1ccc2c(c1)CCC2. The molecule has 0 saturated carbocycles. The molecule has 1 amide bonds. The van der Waals surface area contributed by atoms with Crippen molar-refractivity contribution < 1.29 is 4.79 Å². The van der Waals surface area contributed by atoms with E-state index < -0.39 is 0 Å². The van der Waals surface area contributed by atoms with E-state index in [0.717, 1.165) is 18.4 Å². The summed E-state index contributed by atoms with van der Waals surface area (Å²) >= 11 is 0. The minimum absolute atomic E-state index is 0.0207. The van der Waals surface area contributed by atoms with Gasteiger partial charge in [0.15, 0.2) is 0 Å². The van der Waals surface area contributed by atoms with E-state index >= 15 is 0 Å². The van der Waals surface area contributed by atoms with Crippen LogP contribution in [0.3, 0.4) is 0 Å². The molecule has 1 atom stereocenters. The van der Waals surface area contributed by atoms with Crippen molar-refractivity contribution in [3.63, 3.8) is 0 Å². The van der Waals surface area contributed by atoms with Gasteiger partial charge >= 0.3 is 0 Å². The van der Waals surface area contributed by atoms with Crippen molar-refractivity contribution in [2.45, 2.75) is 32.2 Å². The maximum absolute atomic E-state index is 11.8. The molecule has 0 bridgehead atoms. The summed E-state index contributed by atoms with van der Waals surface area (Å²) in [5, 5.41) is 2.87. The molecule has 3 nitrogen and oxygen atoms in total. The zero-order chi connectivity index (χ0) is 11.5. The van der Waals surface area contributed by atoms with Crippen molar-refractivity contribution in [1.82, 2.24) is 5.32 Å². The molecule has 0 saturated heterocycles. The molecule has 1 aliphatic carbocycles. The summed E-state index contributed by atoms with van der Waals surface area (Å²) in [7, 11) is 0. The maximum atomic E-state index is 11.8. The smallest absolute Gasteiger partial charge is 0.251 e. The Labute approximate surface area is 96.0 Å². The minimum atomic E-state index is -0.0207. The number of aryl methyl sites for hydroxylation is 2. The van der Waals surface area contributed by atoms with E-state index in [1.807, 2.05) is 19.1 Å². The average molecular weight is 218 g/mol. The Morgan fingerprint density at radius 3 is 2.94 bits per heavy atom. The van der Waals surface area contributed by atoms with E-state index in [-0.39, 0.29) is 11.9 Å². The number of nitrogens with two attached hydrogens (primary N) is 1. The Balaban J connectivity index is 2.12. The van der Waals surface area contributed by atoms with E-state index in [1.54, 1.807) is 0 Å². The van der Waals surface area contributed by atoms with E-state index in [0.29, 0.717) is 6.54 Å². The van der Waals surface area contributed by atoms with E-state index in [1.165, 1.54) is 17.5 Å². The van der Waals surface area contributed by atoms with E-state index in [4.69, 9.17) is 5.73 Å². The van der Waals surface area contributed by atoms with Crippen molar-refractivity contribution >= 4 is 5.91 Å². The standard InChI is InChI=1S/C13H18N2O/c1-9(8-14)15-13(16)12-6-5-10-3-2-4-11(10)7-12/h5-7,9H,2-4,8,14H2,1H3,(H,15,16). The van der Waals surface area contributed by atoms with Gasteiger partial charge in [-0.3, -0.25) is 4.79 Å². The fourth-order valence-electron chi connectivity index (χ4n) is 2.08. The maximum Gasteiger partial charge on any atom is 0.251 e. The molecule has 0 spiro atoms. The molecule has 0 radical (unpaired) electrons. The molecule has 3 heteroatoms. The first-order valence-corrected chi connectivity index (χ1v) is 5.83. The van der Waals surface area contributed by atoms with Crippen molar-refractivity contribution in [2.24, 2.45) is 5.73 Å². The lowest BCUT2D eigenvalue weighted by molar-refractivity contribution is 0.0941. The molecule has 1 unspecified atom stereocenters. The second-order valence-corrected chi connectivity index (χ2v) is 4.45. The molecule has 3 N–H and O–H groups in total. The monoisotopic (exact) mass is 218 g/mol. The molecule has 0 fully saturated rings. The largest absolute Gasteiger partial charge is 0.348 e. The first-order chi connectivity index (χ1) is 7.70. The Morgan fingerprint density at radius 2 is 2.19 bits per heavy atom. The number of hydrogen-bond donors (Lipinski definition) is 2. The normalized spacial score (nSPS) is 15.6. The zero-order valence-corrected chi connectivity index (χ0v) is 9.62. The third-order valence-corrected chi connectivity index (χ3v) is 3.09. The van der Waals surface area contributed by atoms with Gasteiger partial charge in [-0.15, -0.1) is 0 Å². The highest BCUT2D eigenvalue weighted by atomic mass is 16.1. The van der Waals surface area contributed by atoms with Crippen LogP contribution in [0.2, 0.25) is 0 Å². The lowest BCUT2D eigenvalue weighted by Gasteiger charge is -2.11. The Kier molecular flexibility index (Phi) is 3.25. The van der Waals surface area contributed by atoms with Crippen LogP contribution in [0.4, 0.5) is 0 Å². The van der Waals surface area contributed by atoms with Gasteiger partial charge in [0.05, 0.1) is 0 Å². The molecule has 1 aromatic rings. The molecule has 2 rings (SSSR count). The predicted octanol–water partition coefficient (Wildman–Crippen LogP) is 1.25. The number of nitrogens with one attached hydrogen (secondary N) is 1. The third kappa shape index (κ3) is 2.25. The molecule has 16 heavy (non-hydrogen) atoms. The summed E-state index contributed by atoms with van der Waals surface area (Å²) in [5.74, 6) is -0.0207. The molecular formula is C13H18N2O. The average Bonchev–Trinajstić information content (AvgIpc) is 2.75. The molecule has 1 aliphatic rings. The van der Waals surface area contributed by atoms with Crippen LogP contribution in [-0.4, -0.2) is 18.5 Å². The van der Waals surface area contributed by atoms with Crippen LogP contribution in [0.5, 0.6) is 0 Å². The number of rotatable bonds is 3. The van der Waals surface area contributed by atoms with Gasteiger partial charge in [-0.1, -0.05) is 6.07 Å². The number of fused-ring (bicyclic) bond motifs is 1. The lowest BCUT2D eigenvalue weighted by Crippen LogP contribution is -2.37. The van der Waals surface area contributed by atoms with Crippen LogP contribution < -0.4 is 11.1 Å². The minimum Gasteiger partial charge on any atom is -0.348 e. The summed E-state index contributed by atoms with van der Waals surface area (Å²) in [5.41, 5.74) is 8.94. The number of benzene rings is 1. The number of carbonyl (C=O) groups excluding carboxylic acids is 1. The summed E-state index contributed by atoms with van der Waals surface area (Å²) in [4.78, 5) is 11.8. The van der Waals surface area contributed by atoms with Crippen molar-refractivity contribution in [3.8, 4) is 0 Å². The highest BCUT2D eigenvalue weighted by molar-refractivity contribution is 5.94. The second kappa shape index (κ2) is 4.66. The summed E-state index contributed by atoms with van der Waals surface area (Å²) < 4.78 is 0. The fourth-order valence-corrected chi connectivity index (χ4v) is 2.08. The number of hydrogen-bond acceptors (Lipinski definition) is 2. The topological polar surface area (TPSA) is 55.1 Å². The first-order valence-electron chi connectivity index (χ1n) is 5.83. The molecule has 86 valence electrons. The summed E-state index contributed by atoms with van der Waals surface area (Å²) in [6.07, 6.45) is 3.46. The Morgan fingerprint density at radius 1 is 1.44 bits per heavy atom. The first kappa shape index (κ1) is 11.1. The molecule has 0 aromatic heterocycles. The van der Waals surface area contributed by atoms with Gasteiger partial charge in [0.1, 0.15) is 0 Å². The lowest BCUT2D eigenvalue weighted by atomic mass is 10.1. The van der Waals surface area contributed by atoms with Crippen molar-refractivity contribution in [3.05, 3.63) is 34.9 Å². The summed E-state index contributed by atoms with van der Waals surface area (Å²) in [6.45, 7) is 2.38. The van der Waals surface area contributed by atoms with Gasteiger partial charge in [0.2, 0.25) is 0 Å². The molecule has 1 aromatic carbocycles. The number of carbonyl (C=O) groups is 1. The quantitative estimate of drug-likeness (QED) is 0.802. The third-order valence-electron chi connectivity index (χ3n) is 3.09. The van der Waals surface area contributed by atoms with Crippen LogP contribution in [-0.2, 0) is 12.8 Å².